The van der Waals surface area contributed by atoms with E-state index in [2.05, 4.69) is 10.3 Å². The van der Waals surface area contributed by atoms with Crippen molar-refractivity contribution in [3.05, 3.63) is 29.6 Å². The van der Waals surface area contributed by atoms with Gasteiger partial charge in [-0.05, 0) is 12.1 Å². The van der Waals surface area contributed by atoms with Gasteiger partial charge in [-0.1, -0.05) is 6.07 Å². The Labute approximate surface area is 82.9 Å². The molecule has 0 unspecified atom stereocenters. The second kappa shape index (κ2) is 4.50. The Morgan fingerprint density at radius 2 is 2.50 bits per heavy atom. The zero-order valence-corrected chi connectivity index (χ0v) is 7.94. The highest BCUT2D eigenvalue weighted by Crippen LogP contribution is 2.13. The SMILES string of the molecule is OCc1cccc([C@H]2COCCN2)n1. The summed E-state index contributed by atoms with van der Waals surface area (Å²) in [5.74, 6) is 0. The Kier molecular flexibility index (Phi) is 3.08. The van der Waals surface area contributed by atoms with Crippen molar-refractivity contribution in [1.29, 1.82) is 0 Å². The molecule has 1 aliphatic rings. The number of rotatable bonds is 2. The maximum atomic E-state index is 8.95. The summed E-state index contributed by atoms with van der Waals surface area (Å²) < 4.78 is 5.35. The van der Waals surface area contributed by atoms with Crippen LogP contribution in [0.4, 0.5) is 0 Å². The zero-order valence-electron chi connectivity index (χ0n) is 7.94. The van der Waals surface area contributed by atoms with E-state index in [9.17, 15) is 0 Å². The number of hydrogen-bond donors (Lipinski definition) is 2. The van der Waals surface area contributed by atoms with Crippen molar-refractivity contribution in [1.82, 2.24) is 10.3 Å². The number of ether oxygens (including phenoxy) is 1. The van der Waals surface area contributed by atoms with E-state index < -0.39 is 0 Å². The molecule has 2 rings (SSSR count). The molecule has 14 heavy (non-hydrogen) atoms. The van der Waals surface area contributed by atoms with E-state index in [4.69, 9.17) is 9.84 Å². The third-order valence-electron chi connectivity index (χ3n) is 2.27. The van der Waals surface area contributed by atoms with Crippen molar-refractivity contribution < 1.29 is 9.84 Å². The van der Waals surface area contributed by atoms with E-state index >= 15 is 0 Å². The molecular formula is C10H14N2O2. The van der Waals surface area contributed by atoms with Crippen LogP contribution < -0.4 is 5.32 Å². The normalized spacial score (nSPS) is 22.2. The Bertz CT molecular complexity index is 298. The average Bonchev–Trinajstić information content (AvgIpc) is 2.30. The number of hydrogen-bond acceptors (Lipinski definition) is 4. The van der Waals surface area contributed by atoms with Gasteiger partial charge in [-0.25, -0.2) is 0 Å². The van der Waals surface area contributed by atoms with Crippen molar-refractivity contribution in [3.63, 3.8) is 0 Å². The third-order valence-corrected chi connectivity index (χ3v) is 2.27. The third kappa shape index (κ3) is 2.09. The summed E-state index contributed by atoms with van der Waals surface area (Å²) in [5, 5.41) is 12.3. The predicted molar refractivity (Wildman–Crippen MR) is 51.7 cm³/mol. The number of nitrogens with zero attached hydrogens (tertiary/aromatic N) is 1. The maximum Gasteiger partial charge on any atom is 0.0853 e. The molecule has 0 spiro atoms. The van der Waals surface area contributed by atoms with E-state index in [1.165, 1.54) is 0 Å². The Morgan fingerprint density at radius 3 is 3.21 bits per heavy atom. The van der Waals surface area contributed by atoms with Gasteiger partial charge < -0.3 is 15.2 Å². The molecule has 0 saturated carbocycles. The van der Waals surface area contributed by atoms with Gasteiger partial charge in [0.15, 0.2) is 0 Å². The van der Waals surface area contributed by atoms with Crippen LogP contribution in [0.5, 0.6) is 0 Å². The number of morpholine rings is 1. The zero-order chi connectivity index (χ0) is 9.80. The lowest BCUT2D eigenvalue weighted by atomic mass is 10.1. The van der Waals surface area contributed by atoms with Crippen LogP contribution in [0.2, 0.25) is 0 Å². The molecule has 4 nitrogen and oxygen atoms in total. The number of aliphatic hydroxyl groups is 1. The molecule has 1 fully saturated rings. The van der Waals surface area contributed by atoms with Gasteiger partial charge >= 0.3 is 0 Å². The summed E-state index contributed by atoms with van der Waals surface area (Å²) in [7, 11) is 0. The van der Waals surface area contributed by atoms with Crippen LogP contribution in [-0.4, -0.2) is 29.8 Å². The van der Waals surface area contributed by atoms with Gasteiger partial charge in [-0.2, -0.15) is 0 Å². The van der Waals surface area contributed by atoms with Crippen LogP contribution in [0.3, 0.4) is 0 Å². The van der Waals surface area contributed by atoms with Crippen LogP contribution in [-0.2, 0) is 11.3 Å². The largest absolute Gasteiger partial charge is 0.390 e. The molecule has 0 aliphatic carbocycles. The van der Waals surface area contributed by atoms with Crippen LogP contribution in [0.25, 0.3) is 0 Å². The lowest BCUT2D eigenvalue weighted by molar-refractivity contribution is 0.0754. The summed E-state index contributed by atoms with van der Waals surface area (Å²) in [6.45, 7) is 2.26. The molecule has 1 aromatic rings. The lowest BCUT2D eigenvalue weighted by Gasteiger charge is -2.23. The van der Waals surface area contributed by atoms with Gasteiger partial charge in [0, 0.05) is 6.54 Å². The van der Waals surface area contributed by atoms with Gasteiger partial charge in [0.05, 0.1) is 37.3 Å². The van der Waals surface area contributed by atoms with Crippen LogP contribution >= 0.6 is 0 Å². The first kappa shape index (κ1) is 9.58. The summed E-state index contributed by atoms with van der Waals surface area (Å²) in [6.07, 6.45) is 0. The highest BCUT2D eigenvalue weighted by Gasteiger charge is 2.16. The highest BCUT2D eigenvalue weighted by atomic mass is 16.5. The molecule has 1 atom stereocenters. The Morgan fingerprint density at radius 1 is 1.57 bits per heavy atom. The molecule has 0 aromatic carbocycles. The summed E-state index contributed by atoms with van der Waals surface area (Å²) in [6, 6.07) is 5.83. The first-order valence-corrected chi connectivity index (χ1v) is 4.78. The quantitative estimate of drug-likeness (QED) is 0.708. The minimum atomic E-state index is -0.0125. The van der Waals surface area contributed by atoms with E-state index in [0.717, 1.165) is 18.8 Å². The molecule has 2 N–H and O–H groups in total. The minimum Gasteiger partial charge on any atom is -0.390 e. The average molecular weight is 194 g/mol. The van der Waals surface area contributed by atoms with Gasteiger partial charge in [-0.15, -0.1) is 0 Å². The van der Waals surface area contributed by atoms with Crippen molar-refractivity contribution in [2.24, 2.45) is 0 Å². The predicted octanol–water partition coefficient (Wildman–Crippen LogP) is 0.235. The van der Waals surface area contributed by atoms with E-state index in [1.54, 1.807) is 0 Å². The topological polar surface area (TPSA) is 54.4 Å². The molecule has 76 valence electrons. The van der Waals surface area contributed by atoms with Crippen LogP contribution in [0.1, 0.15) is 17.4 Å². The first-order valence-electron chi connectivity index (χ1n) is 4.78. The van der Waals surface area contributed by atoms with Crippen molar-refractivity contribution >= 4 is 0 Å². The Hall–Kier alpha value is -0.970. The number of pyridine rings is 1. The Balaban J connectivity index is 2.13. The summed E-state index contributed by atoms with van der Waals surface area (Å²) >= 11 is 0. The number of aliphatic hydroxyl groups excluding tert-OH is 1. The van der Waals surface area contributed by atoms with Crippen LogP contribution in [0.15, 0.2) is 18.2 Å². The fraction of sp³-hybridized carbons (Fsp3) is 0.500. The van der Waals surface area contributed by atoms with Gasteiger partial charge in [-0.3, -0.25) is 4.98 Å². The highest BCUT2D eigenvalue weighted by molar-refractivity contribution is 5.14. The van der Waals surface area contributed by atoms with Crippen LogP contribution in [0, 0.1) is 0 Å². The first-order chi connectivity index (χ1) is 6.90. The van der Waals surface area contributed by atoms with Crippen molar-refractivity contribution in [2.45, 2.75) is 12.6 Å². The van der Waals surface area contributed by atoms with Crippen molar-refractivity contribution in [2.75, 3.05) is 19.8 Å². The standard InChI is InChI=1S/C10H14N2O2/c13-6-8-2-1-3-9(12-8)10-7-14-5-4-11-10/h1-3,10-11,13H,4-7H2/t10-/m1/s1. The lowest BCUT2D eigenvalue weighted by Crippen LogP contribution is -2.35. The van der Waals surface area contributed by atoms with Gasteiger partial charge in [0.2, 0.25) is 0 Å². The maximum absolute atomic E-state index is 8.95. The van der Waals surface area contributed by atoms with E-state index in [1.807, 2.05) is 18.2 Å². The van der Waals surface area contributed by atoms with E-state index in [-0.39, 0.29) is 12.6 Å². The molecule has 1 saturated heterocycles. The fourth-order valence-corrected chi connectivity index (χ4v) is 1.54. The number of aromatic nitrogens is 1. The monoisotopic (exact) mass is 194 g/mol. The molecule has 1 aromatic heterocycles. The smallest absolute Gasteiger partial charge is 0.0853 e. The second-order valence-corrected chi connectivity index (χ2v) is 3.29. The van der Waals surface area contributed by atoms with Gasteiger partial charge in [0.1, 0.15) is 0 Å². The molecule has 0 amide bonds. The van der Waals surface area contributed by atoms with E-state index in [0.29, 0.717) is 12.3 Å². The molecule has 2 heterocycles. The summed E-state index contributed by atoms with van der Waals surface area (Å²) in [5.41, 5.74) is 1.64. The number of nitrogens with one attached hydrogen (secondary N) is 1. The minimum absolute atomic E-state index is 0.0125. The molecule has 4 heteroatoms. The summed E-state index contributed by atoms with van der Waals surface area (Å²) in [4.78, 5) is 4.32. The second-order valence-electron chi connectivity index (χ2n) is 3.29. The molecule has 1 aliphatic heterocycles. The molecule has 0 radical (unpaired) electrons. The molecular weight excluding hydrogens is 180 g/mol. The van der Waals surface area contributed by atoms with Crippen molar-refractivity contribution in [3.8, 4) is 0 Å². The van der Waals surface area contributed by atoms with Gasteiger partial charge in [0.25, 0.3) is 0 Å². The fourth-order valence-electron chi connectivity index (χ4n) is 1.54. The molecule has 0 bridgehead atoms.